The second-order valence-electron chi connectivity index (χ2n) is 4.71. The number of nitrogens with zero attached hydrogens (tertiary/aromatic N) is 1. The van der Waals surface area contributed by atoms with Crippen LogP contribution in [0.2, 0.25) is 0 Å². The molecular weight excluding hydrogens is 220 g/mol. The van der Waals surface area contributed by atoms with E-state index in [4.69, 9.17) is 5.11 Å². The van der Waals surface area contributed by atoms with Crippen LogP contribution in [0.3, 0.4) is 0 Å². The number of aliphatic hydroxyl groups is 1. The van der Waals surface area contributed by atoms with Crippen molar-refractivity contribution in [2.75, 3.05) is 20.2 Å². The molecule has 0 aromatic heterocycles. The molecule has 1 unspecified atom stereocenters. The Hall–Kier alpha value is -1.10. The predicted octanol–water partition coefficient (Wildman–Crippen LogP) is 0.132. The maximum atomic E-state index is 11.6. The summed E-state index contributed by atoms with van der Waals surface area (Å²) in [5, 5.41) is 11.7. The smallest absolute Gasteiger partial charge is 0.223 e. The van der Waals surface area contributed by atoms with Gasteiger partial charge in [0.05, 0.1) is 12.6 Å². The summed E-state index contributed by atoms with van der Waals surface area (Å²) in [6.07, 6.45) is 3.06. The van der Waals surface area contributed by atoms with Crippen molar-refractivity contribution in [2.45, 2.75) is 38.6 Å². The number of hydrogen-bond donors (Lipinski definition) is 2. The monoisotopic (exact) mass is 242 g/mol. The second-order valence-corrected chi connectivity index (χ2v) is 4.71. The summed E-state index contributed by atoms with van der Waals surface area (Å²) in [7, 11) is 1.69. The lowest BCUT2D eigenvalue weighted by atomic mass is 10.2. The molecule has 0 spiro atoms. The third-order valence-electron chi connectivity index (χ3n) is 3.13. The van der Waals surface area contributed by atoms with Crippen LogP contribution in [-0.2, 0) is 9.59 Å². The van der Waals surface area contributed by atoms with Gasteiger partial charge < -0.3 is 15.3 Å². The Balaban J connectivity index is 2.08. The van der Waals surface area contributed by atoms with Gasteiger partial charge in [-0.15, -0.1) is 0 Å². The molecule has 5 heteroatoms. The van der Waals surface area contributed by atoms with Crippen LogP contribution in [0.25, 0.3) is 0 Å². The fourth-order valence-corrected chi connectivity index (χ4v) is 1.49. The van der Waals surface area contributed by atoms with Gasteiger partial charge in [-0.05, 0) is 26.2 Å². The molecule has 1 aliphatic carbocycles. The Kier molecular flexibility index (Phi) is 5.41. The standard InChI is InChI=1S/C12H22N2O3/c1-9(8-15)14(2)11(16)4-3-7-13-12(17)10-5-6-10/h9-10,15H,3-8H2,1-2H3,(H,13,17). The van der Waals surface area contributed by atoms with E-state index in [2.05, 4.69) is 5.32 Å². The molecule has 1 saturated carbocycles. The fraction of sp³-hybridized carbons (Fsp3) is 0.833. The zero-order valence-corrected chi connectivity index (χ0v) is 10.6. The van der Waals surface area contributed by atoms with Crippen molar-refractivity contribution >= 4 is 11.8 Å². The summed E-state index contributed by atoms with van der Waals surface area (Å²) in [5.41, 5.74) is 0. The minimum absolute atomic E-state index is 0.00669. The van der Waals surface area contributed by atoms with Gasteiger partial charge in [0.15, 0.2) is 0 Å². The first-order valence-corrected chi connectivity index (χ1v) is 6.20. The molecule has 1 atom stereocenters. The molecule has 17 heavy (non-hydrogen) atoms. The summed E-state index contributed by atoms with van der Waals surface area (Å²) in [6, 6.07) is -0.149. The molecule has 1 aliphatic rings. The van der Waals surface area contributed by atoms with E-state index in [1.54, 1.807) is 18.9 Å². The lowest BCUT2D eigenvalue weighted by molar-refractivity contribution is -0.132. The van der Waals surface area contributed by atoms with Crippen LogP contribution in [-0.4, -0.2) is 48.1 Å². The van der Waals surface area contributed by atoms with Gasteiger partial charge in [0, 0.05) is 25.9 Å². The first kappa shape index (κ1) is 14.0. The summed E-state index contributed by atoms with van der Waals surface area (Å²) < 4.78 is 0. The van der Waals surface area contributed by atoms with Crippen molar-refractivity contribution in [3.8, 4) is 0 Å². The summed E-state index contributed by atoms with van der Waals surface area (Å²) in [4.78, 5) is 24.5. The molecule has 2 amide bonds. The van der Waals surface area contributed by atoms with Gasteiger partial charge >= 0.3 is 0 Å². The second kappa shape index (κ2) is 6.59. The topological polar surface area (TPSA) is 69.6 Å². The van der Waals surface area contributed by atoms with Crippen LogP contribution in [0.1, 0.15) is 32.6 Å². The third kappa shape index (κ3) is 4.73. The van der Waals surface area contributed by atoms with Crippen molar-refractivity contribution < 1.29 is 14.7 Å². The minimum Gasteiger partial charge on any atom is -0.394 e. The molecule has 1 fully saturated rings. The van der Waals surface area contributed by atoms with Gasteiger partial charge in [-0.25, -0.2) is 0 Å². The Bertz CT molecular complexity index is 277. The van der Waals surface area contributed by atoms with Crippen molar-refractivity contribution in [3.05, 3.63) is 0 Å². The van der Waals surface area contributed by atoms with Gasteiger partial charge in [0.1, 0.15) is 0 Å². The zero-order valence-electron chi connectivity index (χ0n) is 10.6. The average Bonchev–Trinajstić information content (AvgIpc) is 3.16. The largest absolute Gasteiger partial charge is 0.394 e. The molecule has 98 valence electrons. The van der Waals surface area contributed by atoms with Crippen LogP contribution in [0.15, 0.2) is 0 Å². The predicted molar refractivity (Wildman–Crippen MR) is 64.3 cm³/mol. The number of aliphatic hydroxyl groups excluding tert-OH is 1. The molecule has 0 heterocycles. The van der Waals surface area contributed by atoms with E-state index >= 15 is 0 Å². The van der Waals surface area contributed by atoms with Crippen LogP contribution in [0, 0.1) is 5.92 Å². The van der Waals surface area contributed by atoms with Crippen LogP contribution < -0.4 is 5.32 Å². The summed E-state index contributed by atoms with van der Waals surface area (Å²) in [5.74, 6) is 0.351. The average molecular weight is 242 g/mol. The van der Waals surface area contributed by atoms with Crippen molar-refractivity contribution in [1.82, 2.24) is 10.2 Å². The van der Waals surface area contributed by atoms with Gasteiger partial charge in [-0.1, -0.05) is 0 Å². The van der Waals surface area contributed by atoms with E-state index in [1.165, 1.54) is 0 Å². The van der Waals surface area contributed by atoms with Crippen molar-refractivity contribution in [3.63, 3.8) is 0 Å². The molecule has 0 saturated heterocycles. The third-order valence-corrected chi connectivity index (χ3v) is 3.13. The molecule has 0 aromatic carbocycles. The molecular formula is C12H22N2O3. The SMILES string of the molecule is CC(CO)N(C)C(=O)CCCNC(=O)C1CC1. The van der Waals surface area contributed by atoms with Crippen LogP contribution in [0.4, 0.5) is 0 Å². The molecule has 5 nitrogen and oxygen atoms in total. The normalized spacial score (nSPS) is 16.4. The molecule has 0 radical (unpaired) electrons. The lowest BCUT2D eigenvalue weighted by Crippen LogP contribution is -2.37. The maximum Gasteiger partial charge on any atom is 0.223 e. The minimum atomic E-state index is -0.149. The van der Waals surface area contributed by atoms with E-state index in [1.807, 2.05) is 0 Å². The Morgan fingerprint density at radius 3 is 2.65 bits per heavy atom. The molecule has 0 aromatic rings. The first-order chi connectivity index (χ1) is 8.06. The van der Waals surface area contributed by atoms with E-state index in [9.17, 15) is 9.59 Å². The molecule has 0 aliphatic heterocycles. The number of rotatable bonds is 7. The number of nitrogens with one attached hydrogen (secondary N) is 1. The molecule has 2 N–H and O–H groups in total. The van der Waals surface area contributed by atoms with Crippen LogP contribution in [0.5, 0.6) is 0 Å². The number of likely N-dealkylation sites (N-methyl/N-ethyl adjacent to an activating group) is 1. The highest BCUT2D eigenvalue weighted by molar-refractivity contribution is 5.81. The first-order valence-electron chi connectivity index (χ1n) is 6.20. The molecule has 1 rings (SSSR count). The number of carbonyl (C=O) groups excluding carboxylic acids is 2. The van der Waals surface area contributed by atoms with Gasteiger partial charge in [0.25, 0.3) is 0 Å². The quantitative estimate of drug-likeness (QED) is 0.624. The van der Waals surface area contributed by atoms with E-state index in [0.29, 0.717) is 19.4 Å². The highest BCUT2D eigenvalue weighted by atomic mass is 16.3. The Labute approximate surface area is 102 Å². The Morgan fingerprint density at radius 1 is 1.47 bits per heavy atom. The van der Waals surface area contributed by atoms with Crippen molar-refractivity contribution in [1.29, 1.82) is 0 Å². The van der Waals surface area contributed by atoms with E-state index in [0.717, 1.165) is 12.8 Å². The van der Waals surface area contributed by atoms with Gasteiger partial charge in [0.2, 0.25) is 11.8 Å². The molecule has 0 bridgehead atoms. The maximum absolute atomic E-state index is 11.6. The highest BCUT2D eigenvalue weighted by Gasteiger charge is 2.29. The summed E-state index contributed by atoms with van der Waals surface area (Å²) >= 11 is 0. The van der Waals surface area contributed by atoms with E-state index in [-0.39, 0.29) is 30.4 Å². The number of carbonyl (C=O) groups is 2. The highest BCUT2D eigenvalue weighted by Crippen LogP contribution is 2.28. The van der Waals surface area contributed by atoms with Gasteiger partial charge in [-0.3, -0.25) is 9.59 Å². The summed E-state index contributed by atoms with van der Waals surface area (Å²) in [6.45, 7) is 2.33. The fourth-order valence-electron chi connectivity index (χ4n) is 1.49. The zero-order chi connectivity index (χ0) is 12.8. The number of amides is 2. The lowest BCUT2D eigenvalue weighted by Gasteiger charge is -2.23. The van der Waals surface area contributed by atoms with Crippen LogP contribution >= 0.6 is 0 Å². The van der Waals surface area contributed by atoms with Gasteiger partial charge in [-0.2, -0.15) is 0 Å². The Morgan fingerprint density at radius 2 is 2.12 bits per heavy atom. The van der Waals surface area contributed by atoms with Crippen molar-refractivity contribution in [2.24, 2.45) is 5.92 Å². The van der Waals surface area contributed by atoms with E-state index < -0.39 is 0 Å². The number of hydrogen-bond acceptors (Lipinski definition) is 3.